The Labute approximate surface area is 69.5 Å². The SMILES string of the molecule is C=C(NC)/C(C)=C\C=C/CC. The van der Waals surface area contributed by atoms with Crippen molar-refractivity contribution in [2.75, 3.05) is 7.05 Å². The molecule has 0 rings (SSSR count). The average Bonchev–Trinajstić information content (AvgIpc) is 2.03. The van der Waals surface area contributed by atoms with E-state index in [0.717, 1.165) is 12.1 Å². The van der Waals surface area contributed by atoms with Crippen LogP contribution in [0, 0.1) is 0 Å². The summed E-state index contributed by atoms with van der Waals surface area (Å²) in [5, 5.41) is 2.99. The summed E-state index contributed by atoms with van der Waals surface area (Å²) in [6.07, 6.45) is 7.31. The van der Waals surface area contributed by atoms with Gasteiger partial charge in [-0.1, -0.05) is 31.7 Å². The fourth-order valence-corrected chi connectivity index (χ4v) is 0.646. The van der Waals surface area contributed by atoms with Crippen LogP contribution in [0.25, 0.3) is 0 Å². The van der Waals surface area contributed by atoms with E-state index in [0.29, 0.717) is 0 Å². The molecule has 0 amide bonds. The zero-order valence-corrected chi connectivity index (χ0v) is 7.65. The van der Waals surface area contributed by atoms with Crippen LogP contribution in [-0.4, -0.2) is 7.05 Å². The maximum absolute atomic E-state index is 3.84. The molecule has 0 radical (unpaired) electrons. The Morgan fingerprint density at radius 1 is 1.55 bits per heavy atom. The summed E-state index contributed by atoms with van der Waals surface area (Å²) >= 11 is 0. The van der Waals surface area contributed by atoms with Crippen LogP contribution in [0.15, 0.2) is 36.1 Å². The largest absolute Gasteiger partial charge is 0.388 e. The van der Waals surface area contributed by atoms with Gasteiger partial charge in [0.1, 0.15) is 0 Å². The van der Waals surface area contributed by atoms with Crippen molar-refractivity contribution in [3.8, 4) is 0 Å². The van der Waals surface area contributed by atoms with Crippen LogP contribution in [0.1, 0.15) is 20.3 Å². The first-order valence-electron chi connectivity index (χ1n) is 3.92. The van der Waals surface area contributed by atoms with Gasteiger partial charge in [0.15, 0.2) is 0 Å². The lowest BCUT2D eigenvalue weighted by atomic mass is 10.2. The first kappa shape index (κ1) is 10.0. The summed E-state index contributed by atoms with van der Waals surface area (Å²) < 4.78 is 0. The minimum absolute atomic E-state index is 0.978. The van der Waals surface area contributed by atoms with E-state index in [4.69, 9.17) is 0 Å². The molecule has 0 atom stereocenters. The summed E-state index contributed by atoms with van der Waals surface area (Å²) in [4.78, 5) is 0. The van der Waals surface area contributed by atoms with Crippen LogP contribution in [0.5, 0.6) is 0 Å². The third-order valence-electron chi connectivity index (χ3n) is 1.50. The molecular weight excluding hydrogens is 134 g/mol. The highest BCUT2D eigenvalue weighted by Crippen LogP contribution is 2.01. The van der Waals surface area contributed by atoms with E-state index in [1.165, 1.54) is 5.57 Å². The van der Waals surface area contributed by atoms with Gasteiger partial charge in [-0.15, -0.1) is 0 Å². The monoisotopic (exact) mass is 151 g/mol. The van der Waals surface area contributed by atoms with Crippen molar-refractivity contribution in [1.82, 2.24) is 5.32 Å². The zero-order valence-electron chi connectivity index (χ0n) is 7.65. The first-order valence-corrected chi connectivity index (χ1v) is 3.92. The Balaban J connectivity index is 4.00. The number of hydrogen-bond donors (Lipinski definition) is 1. The molecule has 0 aromatic carbocycles. The summed E-state index contributed by atoms with van der Waals surface area (Å²) in [5.41, 5.74) is 2.16. The Morgan fingerprint density at radius 2 is 2.18 bits per heavy atom. The van der Waals surface area contributed by atoms with Crippen LogP contribution in [0.3, 0.4) is 0 Å². The molecule has 11 heavy (non-hydrogen) atoms. The van der Waals surface area contributed by atoms with E-state index in [9.17, 15) is 0 Å². The Hall–Kier alpha value is -0.980. The van der Waals surface area contributed by atoms with Crippen LogP contribution in [0.4, 0.5) is 0 Å². The van der Waals surface area contributed by atoms with Gasteiger partial charge in [-0.25, -0.2) is 0 Å². The second-order valence-electron chi connectivity index (χ2n) is 2.41. The minimum atomic E-state index is 0.978. The van der Waals surface area contributed by atoms with Crippen molar-refractivity contribution in [3.05, 3.63) is 36.1 Å². The maximum Gasteiger partial charge on any atom is 0.0294 e. The molecule has 0 aliphatic heterocycles. The predicted octanol–water partition coefficient (Wildman–Crippen LogP) is 2.63. The molecule has 1 heteroatoms. The summed E-state index contributed by atoms with van der Waals surface area (Å²) in [6, 6.07) is 0. The van der Waals surface area contributed by atoms with Crippen LogP contribution in [0.2, 0.25) is 0 Å². The molecule has 0 spiro atoms. The predicted molar refractivity (Wildman–Crippen MR) is 51.4 cm³/mol. The standard InChI is InChI=1S/C10H17N/c1-5-6-7-8-9(2)10(3)11-4/h6-8,11H,3,5H2,1-2,4H3/b7-6-,9-8-. The van der Waals surface area contributed by atoms with Crippen molar-refractivity contribution in [2.24, 2.45) is 0 Å². The van der Waals surface area contributed by atoms with Crippen molar-refractivity contribution < 1.29 is 0 Å². The molecule has 1 N–H and O–H groups in total. The van der Waals surface area contributed by atoms with E-state index in [1.54, 1.807) is 0 Å². The van der Waals surface area contributed by atoms with Gasteiger partial charge in [-0.05, 0) is 18.9 Å². The smallest absolute Gasteiger partial charge is 0.0294 e. The lowest BCUT2D eigenvalue weighted by Gasteiger charge is -2.02. The lowest BCUT2D eigenvalue weighted by molar-refractivity contribution is 1.01. The molecule has 0 aliphatic rings. The summed E-state index contributed by atoms with van der Waals surface area (Å²) in [6.45, 7) is 8.00. The van der Waals surface area contributed by atoms with Gasteiger partial charge in [0.05, 0.1) is 0 Å². The maximum atomic E-state index is 3.84. The van der Waals surface area contributed by atoms with E-state index in [2.05, 4.69) is 37.0 Å². The number of nitrogens with one attached hydrogen (secondary N) is 1. The van der Waals surface area contributed by atoms with Gasteiger partial charge in [-0.3, -0.25) is 0 Å². The first-order chi connectivity index (χ1) is 5.22. The van der Waals surface area contributed by atoms with Crippen LogP contribution < -0.4 is 5.32 Å². The highest BCUT2D eigenvalue weighted by Gasteiger charge is 1.88. The van der Waals surface area contributed by atoms with Crippen molar-refractivity contribution in [1.29, 1.82) is 0 Å². The second-order valence-corrected chi connectivity index (χ2v) is 2.41. The quantitative estimate of drug-likeness (QED) is 0.609. The second kappa shape index (κ2) is 5.78. The highest BCUT2D eigenvalue weighted by molar-refractivity contribution is 5.27. The molecule has 0 saturated carbocycles. The molecule has 0 aromatic rings. The molecule has 0 aromatic heterocycles. The fraction of sp³-hybridized carbons (Fsp3) is 0.400. The molecule has 0 saturated heterocycles. The van der Waals surface area contributed by atoms with Gasteiger partial charge < -0.3 is 5.32 Å². The highest BCUT2D eigenvalue weighted by atomic mass is 14.8. The van der Waals surface area contributed by atoms with Gasteiger partial charge in [-0.2, -0.15) is 0 Å². The van der Waals surface area contributed by atoms with Crippen LogP contribution >= 0.6 is 0 Å². The van der Waals surface area contributed by atoms with E-state index in [-0.39, 0.29) is 0 Å². The Kier molecular flexibility index (Phi) is 5.26. The molecule has 0 fully saturated rings. The number of allylic oxidation sites excluding steroid dienone is 4. The minimum Gasteiger partial charge on any atom is -0.388 e. The zero-order chi connectivity index (χ0) is 8.69. The third-order valence-corrected chi connectivity index (χ3v) is 1.50. The Morgan fingerprint density at radius 3 is 2.64 bits per heavy atom. The molecule has 0 heterocycles. The normalized spacial score (nSPS) is 12.1. The van der Waals surface area contributed by atoms with Gasteiger partial charge >= 0.3 is 0 Å². The van der Waals surface area contributed by atoms with Gasteiger partial charge in [0.25, 0.3) is 0 Å². The molecule has 1 nitrogen and oxygen atoms in total. The van der Waals surface area contributed by atoms with Crippen molar-refractivity contribution >= 4 is 0 Å². The number of rotatable bonds is 4. The summed E-state index contributed by atoms with van der Waals surface area (Å²) in [5.74, 6) is 0. The third kappa shape index (κ3) is 4.43. The molecular formula is C10H17N. The summed E-state index contributed by atoms with van der Waals surface area (Å²) in [7, 11) is 1.88. The van der Waals surface area contributed by atoms with E-state index < -0.39 is 0 Å². The molecule has 0 aliphatic carbocycles. The van der Waals surface area contributed by atoms with E-state index in [1.807, 2.05) is 14.0 Å². The number of hydrogen-bond acceptors (Lipinski definition) is 1. The average molecular weight is 151 g/mol. The molecule has 0 bridgehead atoms. The fourth-order valence-electron chi connectivity index (χ4n) is 0.646. The van der Waals surface area contributed by atoms with Crippen molar-refractivity contribution in [3.63, 3.8) is 0 Å². The van der Waals surface area contributed by atoms with E-state index >= 15 is 0 Å². The van der Waals surface area contributed by atoms with Crippen molar-refractivity contribution in [2.45, 2.75) is 20.3 Å². The van der Waals surface area contributed by atoms with Gasteiger partial charge in [0.2, 0.25) is 0 Å². The molecule has 0 unspecified atom stereocenters. The van der Waals surface area contributed by atoms with Crippen LogP contribution in [-0.2, 0) is 0 Å². The topological polar surface area (TPSA) is 12.0 Å². The van der Waals surface area contributed by atoms with Gasteiger partial charge in [0, 0.05) is 12.7 Å². The molecule has 62 valence electrons. The lowest BCUT2D eigenvalue weighted by Crippen LogP contribution is -2.04. The Bertz CT molecular complexity index is 175. The number of likely N-dealkylation sites (N-methyl/N-ethyl adjacent to an activating group) is 1.